The summed E-state index contributed by atoms with van der Waals surface area (Å²) in [6, 6.07) is 3.34. The van der Waals surface area contributed by atoms with Gasteiger partial charge in [0.05, 0.1) is 0 Å². The Labute approximate surface area is 123 Å². The first-order chi connectivity index (χ1) is 8.49. The maximum atomic E-state index is 13.5. The van der Waals surface area contributed by atoms with Crippen LogP contribution in [-0.4, -0.2) is 27.5 Å². The summed E-state index contributed by atoms with van der Waals surface area (Å²) < 4.78 is 40.1. The Hall–Kier alpha value is -0.400. The summed E-state index contributed by atoms with van der Waals surface area (Å²) in [5.74, 6) is -0.791. The van der Waals surface area contributed by atoms with E-state index in [0.717, 1.165) is 25.2 Å². The van der Waals surface area contributed by atoms with Gasteiger partial charge < -0.3 is 5.32 Å². The molecule has 19 heavy (non-hydrogen) atoms. The van der Waals surface area contributed by atoms with Crippen molar-refractivity contribution in [2.45, 2.75) is 23.8 Å². The SMILES string of the molecule is Cl.O=S(=O)(NC1CCNCC1)c1cc(Cl)ccc1F. The minimum absolute atomic E-state index is 0. The fourth-order valence-electron chi connectivity index (χ4n) is 1.91. The third-order valence-corrected chi connectivity index (χ3v) is 4.61. The first-order valence-electron chi connectivity index (χ1n) is 5.67. The van der Waals surface area contributed by atoms with E-state index in [1.54, 1.807) is 0 Å². The number of piperidine rings is 1. The number of nitrogens with one attached hydrogen (secondary N) is 2. The summed E-state index contributed by atoms with van der Waals surface area (Å²) in [5, 5.41) is 3.33. The number of hydrogen-bond donors (Lipinski definition) is 2. The van der Waals surface area contributed by atoms with E-state index in [-0.39, 0.29) is 23.5 Å². The maximum absolute atomic E-state index is 13.5. The van der Waals surface area contributed by atoms with Crippen LogP contribution in [0.2, 0.25) is 5.02 Å². The van der Waals surface area contributed by atoms with Gasteiger partial charge >= 0.3 is 0 Å². The van der Waals surface area contributed by atoms with Gasteiger partial charge in [-0.1, -0.05) is 11.6 Å². The van der Waals surface area contributed by atoms with E-state index in [1.807, 2.05) is 0 Å². The molecule has 0 aromatic heterocycles. The van der Waals surface area contributed by atoms with E-state index in [1.165, 1.54) is 6.07 Å². The van der Waals surface area contributed by atoms with Gasteiger partial charge in [-0.15, -0.1) is 12.4 Å². The van der Waals surface area contributed by atoms with Crippen LogP contribution in [0.3, 0.4) is 0 Å². The average molecular weight is 329 g/mol. The smallest absolute Gasteiger partial charge is 0.243 e. The number of hydrogen-bond acceptors (Lipinski definition) is 3. The van der Waals surface area contributed by atoms with E-state index in [4.69, 9.17) is 11.6 Å². The monoisotopic (exact) mass is 328 g/mol. The lowest BCUT2D eigenvalue weighted by atomic mass is 10.1. The molecule has 2 N–H and O–H groups in total. The number of benzene rings is 1. The Morgan fingerprint density at radius 1 is 1.32 bits per heavy atom. The van der Waals surface area contributed by atoms with Crippen molar-refractivity contribution in [1.29, 1.82) is 0 Å². The third kappa shape index (κ3) is 4.29. The summed E-state index contributed by atoms with van der Waals surface area (Å²) in [5.41, 5.74) is 0. The largest absolute Gasteiger partial charge is 0.317 e. The summed E-state index contributed by atoms with van der Waals surface area (Å²) >= 11 is 5.70. The number of halogens is 3. The minimum Gasteiger partial charge on any atom is -0.317 e. The van der Waals surface area contributed by atoms with Crippen LogP contribution >= 0.6 is 24.0 Å². The molecular formula is C11H15Cl2FN2O2S. The molecule has 8 heteroatoms. The Morgan fingerprint density at radius 2 is 1.95 bits per heavy atom. The fourth-order valence-corrected chi connectivity index (χ4v) is 3.55. The predicted octanol–water partition coefficient (Wildman–Crippen LogP) is 1.93. The molecular weight excluding hydrogens is 314 g/mol. The van der Waals surface area contributed by atoms with Gasteiger partial charge in [-0.3, -0.25) is 0 Å². The minimum atomic E-state index is -3.85. The highest BCUT2D eigenvalue weighted by Gasteiger charge is 2.24. The van der Waals surface area contributed by atoms with Crippen molar-refractivity contribution in [3.8, 4) is 0 Å². The van der Waals surface area contributed by atoms with E-state index < -0.39 is 20.7 Å². The van der Waals surface area contributed by atoms with E-state index in [9.17, 15) is 12.8 Å². The highest BCUT2D eigenvalue weighted by Crippen LogP contribution is 2.20. The van der Waals surface area contributed by atoms with Crippen LogP contribution in [0.1, 0.15) is 12.8 Å². The molecule has 2 rings (SSSR count). The zero-order chi connectivity index (χ0) is 13.2. The topological polar surface area (TPSA) is 58.2 Å². The van der Waals surface area contributed by atoms with E-state index in [0.29, 0.717) is 12.8 Å². The van der Waals surface area contributed by atoms with Gasteiger partial charge in [0.25, 0.3) is 0 Å². The van der Waals surface area contributed by atoms with Crippen molar-refractivity contribution >= 4 is 34.0 Å². The Morgan fingerprint density at radius 3 is 2.58 bits per heavy atom. The predicted molar refractivity (Wildman–Crippen MR) is 74.9 cm³/mol. The molecule has 1 aromatic carbocycles. The van der Waals surface area contributed by atoms with Crippen LogP contribution in [0.15, 0.2) is 23.1 Å². The second-order valence-electron chi connectivity index (χ2n) is 4.22. The highest BCUT2D eigenvalue weighted by molar-refractivity contribution is 7.89. The summed E-state index contributed by atoms with van der Waals surface area (Å²) in [6.07, 6.45) is 1.39. The van der Waals surface area contributed by atoms with Gasteiger partial charge in [-0.25, -0.2) is 17.5 Å². The highest BCUT2D eigenvalue weighted by atomic mass is 35.5. The number of rotatable bonds is 3. The van der Waals surface area contributed by atoms with Gasteiger partial charge in [-0.05, 0) is 44.1 Å². The molecule has 0 amide bonds. The third-order valence-electron chi connectivity index (χ3n) is 2.84. The van der Waals surface area contributed by atoms with Crippen molar-refractivity contribution in [2.75, 3.05) is 13.1 Å². The number of sulfonamides is 1. The molecule has 0 aliphatic carbocycles. The molecule has 108 valence electrons. The first kappa shape index (κ1) is 16.7. The van der Waals surface area contributed by atoms with Crippen molar-refractivity contribution in [3.05, 3.63) is 29.0 Å². The normalized spacial score (nSPS) is 16.9. The Balaban J connectivity index is 0.00000180. The molecule has 1 heterocycles. The quantitative estimate of drug-likeness (QED) is 0.891. The van der Waals surface area contributed by atoms with Crippen molar-refractivity contribution in [3.63, 3.8) is 0 Å². The van der Waals surface area contributed by atoms with Gasteiger partial charge in [-0.2, -0.15) is 0 Å². The molecule has 0 saturated carbocycles. The van der Waals surface area contributed by atoms with E-state index in [2.05, 4.69) is 10.0 Å². The van der Waals surface area contributed by atoms with Gasteiger partial charge in [0.15, 0.2) is 0 Å². The Bertz CT molecular complexity index is 533. The molecule has 1 saturated heterocycles. The lowest BCUT2D eigenvalue weighted by molar-refractivity contribution is 0.426. The van der Waals surface area contributed by atoms with Crippen LogP contribution in [0.25, 0.3) is 0 Å². The second-order valence-corrected chi connectivity index (χ2v) is 6.34. The molecule has 0 atom stereocenters. The van der Waals surface area contributed by atoms with Gasteiger partial charge in [0.2, 0.25) is 10.0 Å². The van der Waals surface area contributed by atoms with Gasteiger partial charge in [0.1, 0.15) is 10.7 Å². The maximum Gasteiger partial charge on any atom is 0.243 e. The van der Waals surface area contributed by atoms with Crippen molar-refractivity contribution in [2.24, 2.45) is 0 Å². The van der Waals surface area contributed by atoms with Crippen LogP contribution in [0.4, 0.5) is 4.39 Å². The van der Waals surface area contributed by atoms with Crippen molar-refractivity contribution in [1.82, 2.24) is 10.0 Å². The van der Waals surface area contributed by atoms with Crippen LogP contribution in [0, 0.1) is 5.82 Å². The molecule has 0 unspecified atom stereocenters. The summed E-state index contributed by atoms with van der Waals surface area (Å²) in [6.45, 7) is 1.51. The van der Waals surface area contributed by atoms with Crippen LogP contribution in [0.5, 0.6) is 0 Å². The summed E-state index contributed by atoms with van der Waals surface area (Å²) in [7, 11) is -3.85. The zero-order valence-corrected chi connectivity index (χ0v) is 12.4. The lowest BCUT2D eigenvalue weighted by Crippen LogP contribution is -2.42. The first-order valence-corrected chi connectivity index (χ1v) is 7.53. The van der Waals surface area contributed by atoms with Gasteiger partial charge in [0, 0.05) is 11.1 Å². The molecule has 0 radical (unpaired) electrons. The molecule has 4 nitrogen and oxygen atoms in total. The van der Waals surface area contributed by atoms with Crippen LogP contribution < -0.4 is 10.0 Å². The molecule has 1 aliphatic heterocycles. The molecule has 0 spiro atoms. The zero-order valence-electron chi connectivity index (χ0n) is 10.0. The Kier molecular flexibility index (Phi) is 6.01. The molecule has 1 fully saturated rings. The molecule has 0 bridgehead atoms. The summed E-state index contributed by atoms with van der Waals surface area (Å²) in [4.78, 5) is -0.395. The second kappa shape index (κ2) is 6.85. The molecule has 1 aromatic rings. The van der Waals surface area contributed by atoms with Crippen molar-refractivity contribution < 1.29 is 12.8 Å². The van der Waals surface area contributed by atoms with E-state index >= 15 is 0 Å². The average Bonchev–Trinajstić information content (AvgIpc) is 2.33. The fraction of sp³-hybridized carbons (Fsp3) is 0.455. The lowest BCUT2D eigenvalue weighted by Gasteiger charge is -2.23. The standard InChI is InChI=1S/C11H14ClFN2O2S.ClH/c12-8-1-2-10(13)11(7-8)18(16,17)15-9-3-5-14-6-4-9;/h1-2,7,9,14-15H,3-6H2;1H. The molecule has 1 aliphatic rings. The van der Waals surface area contributed by atoms with Crippen LogP contribution in [-0.2, 0) is 10.0 Å².